The van der Waals surface area contributed by atoms with Gasteiger partial charge < -0.3 is 5.32 Å². The van der Waals surface area contributed by atoms with Crippen molar-refractivity contribution in [1.82, 2.24) is 9.97 Å². The Morgan fingerprint density at radius 2 is 2.26 bits per heavy atom. The molecule has 0 aliphatic heterocycles. The third-order valence-electron chi connectivity index (χ3n) is 3.14. The van der Waals surface area contributed by atoms with E-state index >= 15 is 0 Å². The van der Waals surface area contributed by atoms with Gasteiger partial charge in [-0.05, 0) is 48.2 Å². The molecule has 0 spiro atoms. The van der Waals surface area contributed by atoms with Gasteiger partial charge in [0.1, 0.15) is 10.2 Å². The van der Waals surface area contributed by atoms with Crippen molar-refractivity contribution < 1.29 is 0 Å². The molecule has 0 atom stereocenters. The maximum atomic E-state index is 6.10. The molecule has 0 saturated carbocycles. The molecule has 0 amide bonds. The molecular formula is C13H13BrClN3S. The number of thiophene rings is 1. The first kappa shape index (κ1) is 13.3. The summed E-state index contributed by atoms with van der Waals surface area (Å²) in [6, 6.07) is 1.99. The summed E-state index contributed by atoms with van der Waals surface area (Å²) < 4.78 is 1.65. The quantitative estimate of drug-likeness (QED) is 0.875. The van der Waals surface area contributed by atoms with Crippen LogP contribution in [0.2, 0.25) is 4.34 Å². The second kappa shape index (κ2) is 5.38. The van der Waals surface area contributed by atoms with Gasteiger partial charge in [-0.15, -0.1) is 11.3 Å². The van der Waals surface area contributed by atoms with E-state index in [2.05, 4.69) is 33.2 Å². The molecule has 6 heteroatoms. The van der Waals surface area contributed by atoms with Crippen molar-refractivity contribution in [1.29, 1.82) is 0 Å². The molecule has 100 valence electrons. The summed E-state index contributed by atoms with van der Waals surface area (Å²) in [5.41, 5.74) is 2.47. The van der Waals surface area contributed by atoms with Gasteiger partial charge in [0.2, 0.25) is 0 Å². The van der Waals surface area contributed by atoms with Gasteiger partial charge in [-0.3, -0.25) is 0 Å². The monoisotopic (exact) mass is 357 g/mol. The third kappa shape index (κ3) is 2.51. The van der Waals surface area contributed by atoms with Gasteiger partial charge in [0.15, 0.2) is 5.82 Å². The molecule has 2 aromatic heterocycles. The van der Waals surface area contributed by atoms with E-state index in [4.69, 9.17) is 16.6 Å². The minimum absolute atomic E-state index is 0.740. The zero-order valence-electron chi connectivity index (χ0n) is 10.5. The number of nitrogens with one attached hydrogen (secondary N) is 1. The zero-order valence-corrected chi connectivity index (χ0v) is 13.6. The Bertz CT molecular complexity index is 607. The van der Waals surface area contributed by atoms with E-state index in [1.165, 1.54) is 29.0 Å². The van der Waals surface area contributed by atoms with Crippen LogP contribution in [0.5, 0.6) is 0 Å². The summed E-state index contributed by atoms with van der Waals surface area (Å²) in [6.45, 7) is 2.96. The Kier molecular flexibility index (Phi) is 3.78. The van der Waals surface area contributed by atoms with Crippen LogP contribution in [-0.2, 0) is 12.8 Å². The predicted octanol–water partition coefficient (Wildman–Crippen LogP) is 4.54. The summed E-state index contributed by atoms with van der Waals surface area (Å²) in [4.78, 5) is 10.4. The number of hydrogen-bond acceptors (Lipinski definition) is 4. The standard InChI is InChI=1S/C13H13BrClN3S/c1-2-16-12-7-4-3-5-9(7)17-13(18-12)10-6-8(14)11(15)19-10/h6H,2-5H2,1H3,(H,16,17,18). The molecular weight excluding hydrogens is 346 g/mol. The lowest BCUT2D eigenvalue weighted by molar-refractivity contribution is 0.900. The van der Waals surface area contributed by atoms with Crippen LogP contribution in [-0.4, -0.2) is 16.5 Å². The minimum Gasteiger partial charge on any atom is -0.370 e. The minimum atomic E-state index is 0.740. The Morgan fingerprint density at radius 3 is 2.95 bits per heavy atom. The summed E-state index contributed by atoms with van der Waals surface area (Å²) >= 11 is 11.0. The van der Waals surface area contributed by atoms with E-state index in [0.717, 1.165) is 44.7 Å². The highest BCUT2D eigenvalue weighted by Gasteiger charge is 2.20. The van der Waals surface area contributed by atoms with Gasteiger partial charge >= 0.3 is 0 Å². The highest BCUT2D eigenvalue weighted by Crippen LogP contribution is 2.38. The fourth-order valence-corrected chi connectivity index (χ4v) is 3.95. The summed E-state index contributed by atoms with van der Waals surface area (Å²) in [5.74, 6) is 1.76. The van der Waals surface area contributed by atoms with Crippen molar-refractivity contribution >= 4 is 44.7 Å². The first-order valence-corrected chi connectivity index (χ1v) is 8.26. The summed E-state index contributed by atoms with van der Waals surface area (Å²) in [6.07, 6.45) is 3.29. The molecule has 3 nitrogen and oxygen atoms in total. The van der Waals surface area contributed by atoms with Crippen LogP contribution in [0.3, 0.4) is 0 Å². The van der Waals surface area contributed by atoms with Crippen LogP contribution in [0.4, 0.5) is 5.82 Å². The maximum Gasteiger partial charge on any atom is 0.171 e. The number of aromatic nitrogens is 2. The first-order valence-electron chi connectivity index (χ1n) is 6.28. The fraction of sp³-hybridized carbons (Fsp3) is 0.385. The number of aryl methyl sites for hydroxylation is 1. The molecule has 0 aromatic carbocycles. The molecule has 2 aromatic rings. The van der Waals surface area contributed by atoms with Crippen molar-refractivity contribution in [3.8, 4) is 10.7 Å². The Balaban J connectivity index is 2.09. The zero-order chi connectivity index (χ0) is 13.4. The molecule has 0 unspecified atom stereocenters. The molecule has 0 bridgehead atoms. The van der Waals surface area contributed by atoms with Crippen molar-refractivity contribution in [2.45, 2.75) is 26.2 Å². The topological polar surface area (TPSA) is 37.8 Å². The summed E-state index contributed by atoms with van der Waals surface area (Å²) in [5, 5.41) is 3.35. The molecule has 0 fully saturated rings. The second-order valence-electron chi connectivity index (χ2n) is 4.44. The van der Waals surface area contributed by atoms with Crippen LogP contribution in [0.15, 0.2) is 10.5 Å². The van der Waals surface area contributed by atoms with E-state index in [0.29, 0.717) is 0 Å². The van der Waals surface area contributed by atoms with Gasteiger partial charge in [0.05, 0.1) is 4.88 Å². The predicted molar refractivity (Wildman–Crippen MR) is 84.2 cm³/mol. The number of fused-ring (bicyclic) bond motifs is 1. The van der Waals surface area contributed by atoms with Crippen molar-refractivity contribution in [2.24, 2.45) is 0 Å². The number of halogens is 2. The second-order valence-corrected chi connectivity index (χ2v) is 6.95. The van der Waals surface area contributed by atoms with Crippen LogP contribution < -0.4 is 5.32 Å². The fourth-order valence-electron chi connectivity index (χ4n) is 2.31. The number of nitrogens with zero attached hydrogens (tertiary/aromatic N) is 2. The average Bonchev–Trinajstić information content (AvgIpc) is 2.97. The van der Waals surface area contributed by atoms with E-state index in [9.17, 15) is 0 Å². The maximum absolute atomic E-state index is 6.10. The number of hydrogen-bond donors (Lipinski definition) is 1. The average molecular weight is 359 g/mol. The Labute approximate surface area is 129 Å². The molecule has 3 rings (SSSR count). The normalized spacial score (nSPS) is 13.6. The van der Waals surface area contributed by atoms with Gasteiger partial charge in [0, 0.05) is 22.3 Å². The number of anilines is 1. The first-order chi connectivity index (χ1) is 9.19. The van der Waals surface area contributed by atoms with Gasteiger partial charge in [-0.25, -0.2) is 9.97 Å². The largest absolute Gasteiger partial charge is 0.370 e. The number of rotatable bonds is 3. The van der Waals surface area contributed by atoms with E-state index in [1.807, 2.05) is 6.07 Å². The molecule has 2 heterocycles. The van der Waals surface area contributed by atoms with E-state index < -0.39 is 0 Å². The lowest BCUT2D eigenvalue weighted by Gasteiger charge is -2.10. The molecule has 1 aliphatic carbocycles. The lowest BCUT2D eigenvalue weighted by atomic mass is 10.2. The van der Waals surface area contributed by atoms with Gasteiger partial charge in [0.25, 0.3) is 0 Å². The van der Waals surface area contributed by atoms with Crippen LogP contribution >= 0.6 is 38.9 Å². The summed E-state index contributed by atoms with van der Waals surface area (Å²) in [7, 11) is 0. The van der Waals surface area contributed by atoms with E-state index in [-0.39, 0.29) is 0 Å². The molecule has 19 heavy (non-hydrogen) atoms. The van der Waals surface area contributed by atoms with Crippen LogP contribution in [0.25, 0.3) is 10.7 Å². The van der Waals surface area contributed by atoms with Crippen molar-refractivity contribution in [2.75, 3.05) is 11.9 Å². The molecule has 0 saturated heterocycles. The smallest absolute Gasteiger partial charge is 0.171 e. The molecule has 1 N–H and O–H groups in total. The van der Waals surface area contributed by atoms with Crippen molar-refractivity contribution in [3.63, 3.8) is 0 Å². The lowest BCUT2D eigenvalue weighted by Crippen LogP contribution is -2.06. The third-order valence-corrected chi connectivity index (χ3v) is 5.61. The molecule has 0 radical (unpaired) electrons. The highest BCUT2D eigenvalue weighted by atomic mass is 79.9. The van der Waals surface area contributed by atoms with Crippen LogP contribution in [0, 0.1) is 0 Å². The highest BCUT2D eigenvalue weighted by molar-refractivity contribution is 9.10. The van der Waals surface area contributed by atoms with Crippen LogP contribution in [0.1, 0.15) is 24.6 Å². The Morgan fingerprint density at radius 1 is 1.42 bits per heavy atom. The van der Waals surface area contributed by atoms with Gasteiger partial charge in [-0.2, -0.15) is 0 Å². The SMILES string of the molecule is CCNc1nc(-c2cc(Br)c(Cl)s2)nc2c1CCC2. The van der Waals surface area contributed by atoms with Gasteiger partial charge in [-0.1, -0.05) is 11.6 Å². The van der Waals surface area contributed by atoms with E-state index in [1.54, 1.807) is 0 Å². The molecule has 1 aliphatic rings. The van der Waals surface area contributed by atoms with Crippen molar-refractivity contribution in [3.05, 3.63) is 26.1 Å². The Hall–Kier alpha value is -0.650.